The standard InChI is InChI=1S/C22H19BrF3N3O6/c1-10-15(21(30)28-27-8-11-6-4-5-7-12(11)22(24,25)26)29-35-16(10)13-14(23)18(32-3)20-19(17(13)31-2)33-9-34-20/h4-8,10,16H,9H2,1-3H3,(H,28,30)/b27-8-/t10-,16+/m1/s1. The molecular formula is C22H19BrF3N3O6. The molecule has 0 saturated carbocycles. The molecule has 1 amide bonds. The molecular weight excluding hydrogens is 539 g/mol. The number of nitrogens with zero attached hydrogens (tertiary/aromatic N) is 2. The van der Waals surface area contributed by atoms with Crippen molar-refractivity contribution in [2.45, 2.75) is 19.2 Å². The van der Waals surface area contributed by atoms with Gasteiger partial charge in [-0.1, -0.05) is 30.3 Å². The highest BCUT2D eigenvalue weighted by Gasteiger charge is 2.42. The monoisotopic (exact) mass is 557 g/mol. The third kappa shape index (κ3) is 4.47. The van der Waals surface area contributed by atoms with Crippen molar-refractivity contribution in [3.63, 3.8) is 0 Å². The molecule has 13 heteroatoms. The average Bonchev–Trinajstić information content (AvgIpc) is 3.45. The van der Waals surface area contributed by atoms with Crippen LogP contribution in [0.3, 0.4) is 0 Å². The van der Waals surface area contributed by atoms with Crippen molar-refractivity contribution in [1.29, 1.82) is 0 Å². The molecule has 0 radical (unpaired) electrons. The van der Waals surface area contributed by atoms with Crippen LogP contribution in [-0.4, -0.2) is 38.8 Å². The zero-order valence-electron chi connectivity index (χ0n) is 18.6. The maximum Gasteiger partial charge on any atom is 0.417 e. The number of nitrogens with one attached hydrogen (secondary N) is 1. The largest absolute Gasteiger partial charge is 0.492 e. The molecule has 0 unspecified atom stereocenters. The predicted molar refractivity (Wildman–Crippen MR) is 121 cm³/mol. The smallest absolute Gasteiger partial charge is 0.417 e. The van der Waals surface area contributed by atoms with Crippen molar-refractivity contribution in [1.82, 2.24) is 5.43 Å². The molecule has 2 aromatic carbocycles. The van der Waals surface area contributed by atoms with Gasteiger partial charge in [-0.25, -0.2) is 5.43 Å². The molecule has 2 atom stereocenters. The van der Waals surface area contributed by atoms with Crippen LogP contribution in [0.2, 0.25) is 0 Å². The molecule has 0 fully saturated rings. The lowest BCUT2D eigenvalue weighted by molar-refractivity contribution is -0.137. The summed E-state index contributed by atoms with van der Waals surface area (Å²) in [5.74, 6) is 0.0317. The van der Waals surface area contributed by atoms with Crippen LogP contribution in [0.1, 0.15) is 29.7 Å². The summed E-state index contributed by atoms with van der Waals surface area (Å²) in [6.45, 7) is 1.67. The Morgan fingerprint density at radius 3 is 2.51 bits per heavy atom. The van der Waals surface area contributed by atoms with Crippen LogP contribution < -0.4 is 24.4 Å². The van der Waals surface area contributed by atoms with Crippen LogP contribution >= 0.6 is 15.9 Å². The Bertz CT molecular complexity index is 1220. The predicted octanol–water partition coefficient (Wildman–Crippen LogP) is 4.43. The Balaban J connectivity index is 1.55. The number of hydrazone groups is 1. The van der Waals surface area contributed by atoms with Gasteiger partial charge < -0.3 is 23.8 Å². The zero-order valence-corrected chi connectivity index (χ0v) is 20.2. The van der Waals surface area contributed by atoms with E-state index in [9.17, 15) is 18.0 Å². The number of amides is 1. The molecule has 0 spiro atoms. The number of hydrogen-bond acceptors (Lipinski definition) is 8. The summed E-state index contributed by atoms with van der Waals surface area (Å²) in [7, 11) is 2.91. The number of oxime groups is 1. The van der Waals surface area contributed by atoms with Gasteiger partial charge in [0.15, 0.2) is 23.3 Å². The van der Waals surface area contributed by atoms with E-state index in [0.717, 1.165) is 12.3 Å². The van der Waals surface area contributed by atoms with Gasteiger partial charge in [0.05, 0.1) is 42.0 Å². The summed E-state index contributed by atoms with van der Waals surface area (Å²) in [5, 5.41) is 7.55. The van der Waals surface area contributed by atoms with Crippen molar-refractivity contribution in [3.05, 3.63) is 45.4 Å². The number of carbonyl (C=O) groups excluding carboxylic acids is 1. The van der Waals surface area contributed by atoms with Gasteiger partial charge >= 0.3 is 6.18 Å². The Morgan fingerprint density at radius 1 is 1.20 bits per heavy atom. The summed E-state index contributed by atoms with van der Waals surface area (Å²) < 4.78 is 61.9. The molecule has 4 rings (SSSR count). The van der Waals surface area contributed by atoms with E-state index in [1.165, 1.54) is 32.4 Å². The molecule has 2 aromatic rings. The van der Waals surface area contributed by atoms with E-state index in [1.807, 2.05) is 0 Å². The summed E-state index contributed by atoms with van der Waals surface area (Å²) in [6, 6.07) is 4.87. The van der Waals surface area contributed by atoms with Crippen molar-refractivity contribution in [3.8, 4) is 23.0 Å². The summed E-state index contributed by atoms with van der Waals surface area (Å²) in [4.78, 5) is 18.2. The minimum Gasteiger partial charge on any atom is -0.492 e. The van der Waals surface area contributed by atoms with E-state index in [0.29, 0.717) is 33.0 Å². The Hall–Kier alpha value is -3.48. The number of methoxy groups -OCH3 is 2. The molecule has 1 N–H and O–H groups in total. The van der Waals surface area contributed by atoms with Crippen LogP contribution in [0, 0.1) is 5.92 Å². The summed E-state index contributed by atoms with van der Waals surface area (Å²) in [5.41, 5.74) is 1.60. The van der Waals surface area contributed by atoms with Crippen molar-refractivity contribution in [2.24, 2.45) is 16.2 Å². The van der Waals surface area contributed by atoms with Gasteiger partial charge in [0.25, 0.3) is 5.91 Å². The summed E-state index contributed by atoms with van der Waals surface area (Å²) in [6.07, 6.45) is -4.42. The lowest BCUT2D eigenvalue weighted by Gasteiger charge is -2.21. The summed E-state index contributed by atoms with van der Waals surface area (Å²) >= 11 is 3.48. The van der Waals surface area contributed by atoms with Gasteiger partial charge in [0.2, 0.25) is 18.3 Å². The quantitative estimate of drug-likeness (QED) is 0.416. The van der Waals surface area contributed by atoms with Crippen LogP contribution in [0.5, 0.6) is 23.0 Å². The second kappa shape index (κ2) is 9.64. The fraction of sp³-hybridized carbons (Fsp3) is 0.318. The van der Waals surface area contributed by atoms with E-state index in [1.54, 1.807) is 6.92 Å². The molecule has 2 aliphatic rings. The van der Waals surface area contributed by atoms with Crippen LogP contribution in [0.25, 0.3) is 0 Å². The highest BCUT2D eigenvalue weighted by Crippen LogP contribution is 2.57. The first-order valence-corrected chi connectivity index (χ1v) is 10.9. The van der Waals surface area contributed by atoms with Gasteiger partial charge in [-0.05, 0) is 22.0 Å². The van der Waals surface area contributed by atoms with Crippen LogP contribution in [-0.2, 0) is 15.8 Å². The highest BCUT2D eigenvalue weighted by atomic mass is 79.9. The number of alkyl halides is 3. The number of benzene rings is 2. The van der Waals surface area contributed by atoms with E-state index in [2.05, 4.69) is 31.6 Å². The van der Waals surface area contributed by atoms with Crippen LogP contribution in [0.4, 0.5) is 13.2 Å². The third-order valence-electron chi connectivity index (χ3n) is 5.42. The molecule has 0 aromatic heterocycles. The molecule has 9 nitrogen and oxygen atoms in total. The molecule has 2 aliphatic heterocycles. The van der Waals surface area contributed by atoms with E-state index in [4.69, 9.17) is 23.8 Å². The van der Waals surface area contributed by atoms with Gasteiger partial charge in [-0.3, -0.25) is 4.79 Å². The van der Waals surface area contributed by atoms with Gasteiger partial charge in [-0.2, -0.15) is 18.3 Å². The van der Waals surface area contributed by atoms with Gasteiger partial charge in [-0.15, -0.1) is 0 Å². The highest BCUT2D eigenvalue weighted by molar-refractivity contribution is 9.10. The Morgan fingerprint density at radius 2 is 1.86 bits per heavy atom. The van der Waals surface area contributed by atoms with Gasteiger partial charge in [0, 0.05) is 5.56 Å². The van der Waals surface area contributed by atoms with E-state index in [-0.39, 0.29) is 18.1 Å². The Labute approximate surface area is 205 Å². The number of rotatable bonds is 6. The molecule has 0 bridgehead atoms. The average molecular weight is 558 g/mol. The minimum absolute atomic E-state index is 0.0122. The first-order valence-electron chi connectivity index (χ1n) is 10.1. The molecule has 0 aliphatic carbocycles. The van der Waals surface area contributed by atoms with E-state index >= 15 is 0 Å². The minimum atomic E-state index is -4.56. The number of fused-ring (bicyclic) bond motifs is 1. The molecule has 2 heterocycles. The fourth-order valence-electron chi connectivity index (χ4n) is 3.77. The maximum absolute atomic E-state index is 13.1. The van der Waals surface area contributed by atoms with Crippen molar-refractivity contribution in [2.75, 3.05) is 21.0 Å². The van der Waals surface area contributed by atoms with E-state index < -0.39 is 29.7 Å². The number of hydrogen-bond donors (Lipinski definition) is 1. The fourth-order valence-corrected chi connectivity index (χ4v) is 4.51. The number of ether oxygens (including phenoxy) is 4. The van der Waals surface area contributed by atoms with Gasteiger partial charge in [0.1, 0.15) is 0 Å². The second-order valence-corrected chi connectivity index (χ2v) is 8.23. The van der Waals surface area contributed by atoms with Crippen molar-refractivity contribution >= 4 is 33.8 Å². The second-order valence-electron chi connectivity index (χ2n) is 7.43. The molecule has 186 valence electrons. The maximum atomic E-state index is 13.1. The number of halogens is 4. The molecule has 35 heavy (non-hydrogen) atoms. The Kier molecular flexibility index (Phi) is 6.79. The third-order valence-corrected chi connectivity index (χ3v) is 6.20. The normalized spacial score (nSPS) is 18.9. The zero-order chi connectivity index (χ0) is 25.3. The first-order chi connectivity index (χ1) is 16.7. The lowest BCUT2D eigenvalue weighted by Crippen LogP contribution is -2.31. The van der Waals surface area contributed by atoms with Crippen molar-refractivity contribution < 1.29 is 41.8 Å². The topological polar surface area (TPSA) is 100.0 Å². The SMILES string of the molecule is COc1c(Br)c([C@H]2ON=C(C(=O)N/N=C\c3ccccc3C(F)(F)F)[C@H]2C)c(OC)c2c1OCO2. The lowest BCUT2D eigenvalue weighted by atomic mass is 9.92. The first kappa shape index (κ1) is 24.6. The number of carbonyl (C=O) groups is 1. The van der Waals surface area contributed by atoms with Crippen LogP contribution in [0.15, 0.2) is 39.0 Å². The molecule has 0 saturated heterocycles.